The minimum Gasteiger partial charge on any atom is -0.310 e. The van der Waals surface area contributed by atoms with Gasteiger partial charge in [-0.3, -0.25) is 0 Å². The van der Waals surface area contributed by atoms with E-state index in [2.05, 4.69) is 255 Å². The number of nitrogens with zero attached hydrogens (tertiary/aromatic N) is 1. The van der Waals surface area contributed by atoms with Gasteiger partial charge in [-0.05, 0) is 125 Å². The third-order valence-electron chi connectivity index (χ3n) is 14.7. The zero-order valence-corrected chi connectivity index (χ0v) is 36.5. The molecule has 0 bridgehead atoms. The molecule has 0 saturated heterocycles. The topological polar surface area (TPSA) is 3.24 Å². The van der Waals surface area contributed by atoms with Crippen LogP contribution in [0.25, 0.3) is 66.8 Å². The lowest BCUT2D eigenvalue weighted by Gasteiger charge is -2.35. The van der Waals surface area contributed by atoms with Crippen LogP contribution in [0.1, 0.15) is 47.2 Å². The average Bonchev–Trinajstić information content (AvgIpc) is 3.75. The molecule has 13 rings (SSSR count). The Kier molecular flexibility index (Phi) is 8.24. The fourth-order valence-electron chi connectivity index (χ4n) is 11.9. The summed E-state index contributed by atoms with van der Waals surface area (Å²) in [7, 11) is 0. The highest BCUT2D eigenvalue weighted by Crippen LogP contribution is 2.63. The van der Waals surface area contributed by atoms with Gasteiger partial charge < -0.3 is 4.90 Å². The number of fused-ring (bicyclic) bond motifs is 15. The van der Waals surface area contributed by atoms with Crippen molar-refractivity contribution in [1.29, 1.82) is 0 Å². The van der Waals surface area contributed by atoms with E-state index in [-0.39, 0.29) is 5.41 Å². The number of rotatable bonds is 5. The molecule has 1 spiro atoms. The molecule has 0 N–H and O–H groups in total. The first-order valence-electron chi connectivity index (χ1n) is 22.8. The van der Waals surface area contributed by atoms with E-state index in [1.165, 1.54) is 100 Å². The highest BCUT2D eigenvalue weighted by atomic mass is 15.1. The number of benzene rings is 10. The summed E-state index contributed by atoms with van der Waals surface area (Å²) >= 11 is 0. The predicted molar refractivity (Wildman–Crippen MR) is 271 cm³/mol. The first-order valence-corrected chi connectivity index (χ1v) is 22.8. The predicted octanol–water partition coefficient (Wildman–Crippen LogP) is 16.8. The van der Waals surface area contributed by atoms with Gasteiger partial charge >= 0.3 is 0 Å². The van der Waals surface area contributed by atoms with Crippen molar-refractivity contribution < 1.29 is 0 Å². The molecule has 3 aliphatic carbocycles. The molecule has 10 aromatic rings. The third-order valence-corrected chi connectivity index (χ3v) is 14.7. The van der Waals surface area contributed by atoms with Crippen LogP contribution in [0.4, 0.5) is 17.1 Å². The molecule has 0 aromatic heterocycles. The van der Waals surface area contributed by atoms with E-state index < -0.39 is 5.41 Å². The lowest BCUT2D eigenvalue weighted by Crippen LogP contribution is -2.29. The Bertz CT molecular complexity index is 3450. The standard InChI is InChI=1S/C64H45N/c1-63(2)55-29-13-8-26-52(55)53-40-39-45(41-60(53)63)65(61-34-17-12-21-46(61)42-19-4-3-5-20-42)44-37-35-43(36-38-44)47-28-18-33-59-62(47)54-27-11-16-32-58(54)64(59)56-30-14-9-24-50(56)48-22-6-7-23-49(48)51-25-10-15-31-57(51)64/h3-41H,1-2H3. The normalized spacial score (nSPS) is 13.9. The van der Waals surface area contributed by atoms with Crippen LogP contribution >= 0.6 is 0 Å². The highest BCUT2D eigenvalue weighted by Gasteiger charge is 2.50. The second kappa shape index (κ2) is 14.3. The van der Waals surface area contributed by atoms with E-state index in [9.17, 15) is 0 Å². The van der Waals surface area contributed by atoms with Gasteiger partial charge in [-0.1, -0.05) is 220 Å². The molecule has 10 aromatic carbocycles. The zero-order valence-electron chi connectivity index (χ0n) is 36.5. The van der Waals surface area contributed by atoms with Gasteiger partial charge in [0, 0.05) is 22.4 Å². The minimum atomic E-state index is -0.521. The van der Waals surface area contributed by atoms with E-state index in [1.807, 2.05) is 0 Å². The van der Waals surface area contributed by atoms with Crippen molar-refractivity contribution in [2.45, 2.75) is 24.7 Å². The Balaban J connectivity index is 1.01. The summed E-state index contributed by atoms with van der Waals surface area (Å²) in [5.41, 5.74) is 26.0. The summed E-state index contributed by atoms with van der Waals surface area (Å²) in [6.07, 6.45) is 0. The molecule has 1 heteroatoms. The van der Waals surface area contributed by atoms with Gasteiger partial charge in [0.05, 0.1) is 11.1 Å². The van der Waals surface area contributed by atoms with Crippen LogP contribution in [-0.4, -0.2) is 0 Å². The summed E-state index contributed by atoms with van der Waals surface area (Å²) in [4.78, 5) is 2.46. The lowest BCUT2D eigenvalue weighted by atomic mass is 9.66. The van der Waals surface area contributed by atoms with E-state index >= 15 is 0 Å². The minimum absolute atomic E-state index is 0.126. The molecule has 0 saturated carbocycles. The molecule has 306 valence electrons. The highest BCUT2D eigenvalue weighted by molar-refractivity contribution is 6.01. The molecule has 0 radical (unpaired) electrons. The molecule has 0 unspecified atom stereocenters. The zero-order chi connectivity index (χ0) is 43.3. The van der Waals surface area contributed by atoms with Crippen molar-refractivity contribution in [2.75, 3.05) is 4.90 Å². The molecular formula is C64H45N. The largest absolute Gasteiger partial charge is 0.310 e. The van der Waals surface area contributed by atoms with Crippen LogP contribution in [-0.2, 0) is 10.8 Å². The molecular weight excluding hydrogens is 783 g/mol. The smallest absolute Gasteiger partial charge is 0.0725 e. The maximum absolute atomic E-state index is 2.46. The fourth-order valence-corrected chi connectivity index (χ4v) is 11.9. The second-order valence-corrected chi connectivity index (χ2v) is 18.3. The van der Waals surface area contributed by atoms with Gasteiger partial charge in [-0.25, -0.2) is 0 Å². The summed E-state index contributed by atoms with van der Waals surface area (Å²) in [5.74, 6) is 0. The number of hydrogen-bond donors (Lipinski definition) is 0. The summed E-state index contributed by atoms with van der Waals surface area (Å²) in [5, 5.41) is 0. The van der Waals surface area contributed by atoms with E-state index in [0.29, 0.717) is 0 Å². The summed E-state index contributed by atoms with van der Waals surface area (Å²) < 4.78 is 0. The summed E-state index contributed by atoms with van der Waals surface area (Å²) in [6.45, 7) is 4.73. The van der Waals surface area contributed by atoms with Gasteiger partial charge in [-0.2, -0.15) is 0 Å². The molecule has 65 heavy (non-hydrogen) atoms. The molecule has 3 aliphatic rings. The van der Waals surface area contributed by atoms with E-state index in [4.69, 9.17) is 0 Å². The average molecular weight is 828 g/mol. The van der Waals surface area contributed by atoms with Gasteiger partial charge in [0.1, 0.15) is 0 Å². The molecule has 0 amide bonds. The second-order valence-electron chi connectivity index (χ2n) is 18.3. The van der Waals surface area contributed by atoms with Gasteiger partial charge in [0.25, 0.3) is 0 Å². The van der Waals surface area contributed by atoms with Gasteiger partial charge in [-0.15, -0.1) is 0 Å². The van der Waals surface area contributed by atoms with Gasteiger partial charge in [0.2, 0.25) is 0 Å². The maximum Gasteiger partial charge on any atom is 0.0725 e. The van der Waals surface area contributed by atoms with Crippen molar-refractivity contribution >= 4 is 17.1 Å². The molecule has 0 heterocycles. The van der Waals surface area contributed by atoms with Crippen molar-refractivity contribution in [3.63, 3.8) is 0 Å². The molecule has 0 aliphatic heterocycles. The maximum atomic E-state index is 2.46. The van der Waals surface area contributed by atoms with Crippen LogP contribution in [0, 0.1) is 0 Å². The Morgan fingerprint density at radius 1 is 0.277 bits per heavy atom. The summed E-state index contributed by atoms with van der Waals surface area (Å²) in [6, 6.07) is 88.3. The number of anilines is 3. The van der Waals surface area contributed by atoms with E-state index in [0.717, 1.165) is 17.1 Å². The van der Waals surface area contributed by atoms with Crippen LogP contribution in [0.5, 0.6) is 0 Å². The molecule has 0 atom stereocenters. The third kappa shape index (κ3) is 5.33. The molecule has 0 fully saturated rings. The van der Waals surface area contributed by atoms with Crippen LogP contribution in [0.15, 0.2) is 237 Å². The first kappa shape index (κ1) is 37.5. The Labute approximate surface area is 381 Å². The Morgan fingerprint density at radius 2 is 0.708 bits per heavy atom. The quantitative estimate of drug-likeness (QED) is 0.167. The number of hydrogen-bond acceptors (Lipinski definition) is 1. The van der Waals surface area contributed by atoms with Crippen molar-refractivity contribution in [3.05, 3.63) is 270 Å². The Morgan fingerprint density at radius 3 is 1.35 bits per heavy atom. The first-order chi connectivity index (χ1) is 32.0. The monoisotopic (exact) mass is 827 g/mol. The molecule has 1 nitrogen and oxygen atoms in total. The lowest BCUT2D eigenvalue weighted by molar-refractivity contribution is 0.660. The van der Waals surface area contributed by atoms with Gasteiger partial charge in [0.15, 0.2) is 0 Å². The fraction of sp³-hybridized carbons (Fsp3) is 0.0625. The SMILES string of the molecule is CC1(C)c2ccccc2-c2ccc(N(c3ccc(-c4cccc5c4-c4ccccc4C54c5ccccc5-c5ccccc5-c5ccccc54)cc3)c3ccccc3-c3ccccc3)cc21. The van der Waals surface area contributed by atoms with Crippen LogP contribution in [0.3, 0.4) is 0 Å². The number of para-hydroxylation sites is 1. The van der Waals surface area contributed by atoms with E-state index in [1.54, 1.807) is 0 Å². The van der Waals surface area contributed by atoms with Crippen LogP contribution < -0.4 is 4.90 Å². The van der Waals surface area contributed by atoms with Crippen LogP contribution in [0.2, 0.25) is 0 Å². The van der Waals surface area contributed by atoms with Crippen molar-refractivity contribution in [2.24, 2.45) is 0 Å². The van der Waals surface area contributed by atoms with Crippen molar-refractivity contribution in [3.8, 4) is 66.8 Å². The Hall–Kier alpha value is -8.00. The van der Waals surface area contributed by atoms with Crippen molar-refractivity contribution in [1.82, 2.24) is 0 Å².